The SMILES string of the molecule is O=C(Nc1nc(C23CC4CC(CC(C4)C2)C3)cs1)C12CC3CC(C1)CC(n1ncnn1)(C3)C2. The van der Waals surface area contributed by atoms with E-state index in [2.05, 4.69) is 26.1 Å². The quantitative estimate of drug-likeness (QED) is 0.718. The molecule has 2 unspecified atom stereocenters. The highest BCUT2D eigenvalue weighted by Gasteiger charge is 2.62. The summed E-state index contributed by atoms with van der Waals surface area (Å²) in [5, 5.41) is 19.1. The van der Waals surface area contributed by atoms with Crippen LogP contribution in [-0.2, 0) is 15.7 Å². The van der Waals surface area contributed by atoms with Gasteiger partial charge in [-0.15, -0.1) is 21.5 Å². The first kappa shape index (κ1) is 19.5. The van der Waals surface area contributed by atoms with Crippen LogP contribution in [0.3, 0.4) is 0 Å². The zero-order valence-electron chi connectivity index (χ0n) is 19.1. The van der Waals surface area contributed by atoms with Crippen LogP contribution in [0.25, 0.3) is 0 Å². The molecular formula is C25H32N6OS. The van der Waals surface area contributed by atoms with Crippen LogP contribution in [0.1, 0.15) is 82.7 Å². The van der Waals surface area contributed by atoms with Crippen LogP contribution in [0.4, 0.5) is 5.13 Å². The smallest absolute Gasteiger partial charge is 0.232 e. The average Bonchev–Trinajstić information content (AvgIpc) is 3.45. The summed E-state index contributed by atoms with van der Waals surface area (Å²) < 4.78 is 0. The first-order valence-corrected chi connectivity index (χ1v) is 13.9. The zero-order chi connectivity index (χ0) is 21.8. The fourth-order valence-corrected chi connectivity index (χ4v) is 11.2. The Hall–Kier alpha value is -1.83. The molecule has 7 nitrogen and oxygen atoms in total. The molecule has 8 heteroatoms. The number of carbonyl (C=O) groups is 1. The number of tetrazole rings is 1. The minimum Gasteiger partial charge on any atom is -0.301 e. The number of thiazole rings is 1. The van der Waals surface area contributed by atoms with Crippen molar-refractivity contribution >= 4 is 22.4 Å². The molecule has 8 fully saturated rings. The Balaban J connectivity index is 1.06. The fraction of sp³-hybridized carbons (Fsp3) is 0.800. The van der Waals surface area contributed by atoms with Gasteiger partial charge < -0.3 is 5.32 Å². The molecule has 8 aliphatic carbocycles. The zero-order valence-corrected chi connectivity index (χ0v) is 19.9. The summed E-state index contributed by atoms with van der Waals surface area (Å²) in [6.45, 7) is 0. The molecule has 0 spiro atoms. The second kappa shape index (κ2) is 6.43. The Morgan fingerprint density at radius 1 is 0.939 bits per heavy atom. The van der Waals surface area contributed by atoms with Crippen LogP contribution in [0, 0.1) is 35.0 Å². The second-order valence-corrected chi connectivity index (χ2v) is 13.7. The third kappa shape index (κ3) is 2.76. The predicted molar refractivity (Wildman–Crippen MR) is 123 cm³/mol. The molecule has 2 aromatic rings. The van der Waals surface area contributed by atoms with Crippen molar-refractivity contribution in [2.45, 2.75) is 88.0 Å². The van der Waals surface area contributed by atoms with E-state index < -0.39 is 0 Å². The lowest BCUT2D eigenvalue weighted by Crippen LogP contribution is -2.60. The first-order valence-electron chi connectivity index (χ1n) is 13.0. The highest BCUT2D eigenvalue weighted by molar-refractivity contribution is 7.14. The van der Waals surface area contributed by atoms with Gasteiger partial charge in [-0.1, -0.05) is 0 Å². The molecule has 174 valence electrons. The molecule has 2 atom stereocenters. The fourth-order valence-electron chi connectivity index (χ4n) is 10.3. The van der Waals surface area contributed by atoms with Gasteiger partial charge in [0.25, 0.3) is 0 Å². The first-order chi connectivity index (χ1) is 16.0. The number of hydrogen-bond acceptors (Lipinski definition) is 6. The van der Waals surface area contributed by atoms with Gasteiger partial charge in [0.15, 0.2) is 11.5 Å². The van der Waals surface area contributed by atoms with Gasteiger partial charge in [-0.05, 0) is 112 Å². The largest absolute Gasteiger partial charge is 0.301 e. The Morgan fingerprint density at radius 3 is 2.24 bits per heavy atom. The molecule has 0 aliphatic heterocycles. The normalized spacial score (nSPS) is 46.7. The molecule has 10 rings (SSSR count). The van der Waals surface area contributed by atoms with Gasteiger partial charge in [0.1, 0.15) is 0 Å². The van der Waals surface area contributed by atoms with Crippen molar-refractivity contribution in [3.63, 3.8) is 0 Å². The van der Waals surface area contributed by atoms with E-state index in [1.165, 1.54) is 57.0 Å². The molecule has 8 aliphatic rings. The lowest BCUT2D eigenvalue weighted by molar-refractivity contribution is -0.152. The molecule has 33 heavy (non-hydrogen) atoms. The summed E-state index contributed by atoms with van der Waals surface area (Å²) in [5.41, 5.74) is 1.11. The van der Waals surface area contributed by atoms with Gasteiger partial charge >= 0.3 is 0 Å². The molecule has 1 amide bonds. The number of rotatable bonds is 4. The lowest BCUT2D eigenvalue weighted by Gasteiger charge is -2.60. The van der Waals surface area contributed by atoms with Crippen LogP contribution in [0.2, 0.25) is 0 Å². The Kier molecular flexibility index (Phi) is 3.80. The predicted octanol–water partition coefficient (Wildman–Crippen LogP) is 4.53. The van der Waals surface area contributed by atoms with Crippen LogP contribution in [0.15, 0.2) is 11.7 Å². The Morgan fingerprint density at radius 2 is 1.61 bits per heavy atom. The van der Waals surface area contributed by atoms with Crippen LogP contribution < -0.4 is 5.32 Å². The Bertz CT molecular complexity index is 1060. The average molecular weight is 465 g/mol. The number of nitrogens with one attached hydrogen (secondary N) is 1. The molecule has 2 aromatic heterocycles. The minimum atomic E-state index is -0.315. The number of aromatic nitrogens is 5. The highest BCUT2D eigenvalue weighted by atomic mass is 32.1. The maximum atomic E-state index is 13.8. The third-order valence-corrected chi connectivity index (χ3v) is 11.3. The van der Waals surface area contributed by atoms with Gasteiger partial charge in [-0.25, -0.2) is 4.98 Å². The van der Waals surface area contributed by atoms with Gasteiger partial charge in [-0.3, -0.25) is 4.79 Å². The van der Waals surface area contributed by atoms with Crippen molar-refractivity contribution in [3.05, 3.63) is 17.4 Å². The molecule has 8 saturated carbocycles. The van der Waals surface area contributed by atoms with Crippen molar-refractivity contribution in [2.24, 2.45) is 35.0 Å². The lowest BCUT2D eigenvalue weighted by atomic mass is 9.46. The number of nitrogens with zero attached hydrogens (tertiary/aromatic N) is 5. The molecular weight excluding hydrogens is 432 g/mol. The summed E-state index contributed by atoms with van der Waals surface area (Å²) in [7, 11) is 0. The number of carbonyl (C=O) groups excluding carboxylic acids is 1. The van der Waals surface area contributed by atoms with Crippen molar-refractivity contribution in [1.82, 2.24) is 25.2 Å². The Labute approximate surface area is 198 Å². The van der Waals surface area contributed by atoms with Crippen LogP contribution in [0.5, 0.6) is 0 Å². The third-order valence-electron chi connectivity index (χ3n) is 10.6. The number of hydrogen-bond donors (Lipinski definition) is 1. The van der Waals surface area contributed by atoms with E-state index in [9.17, 15) is 4.79 Å². The number of amides is 1. The monoisotopic (exact) mass is 464 g/mol. The van der Waals surface area contributed by atoms with Crippen LogP contribution in [-0.4, -0.2) is 31.1 Å². The van der Waals surface area contributed by atoms with Crippen LogP contribution >= 0.6 is 11.3 Å². The molecule has 0 aromatic carbocycles. The summed E-state index contributed by atoms with van der Waals surface area (Å²) in [4.78, 5) is 20.7. The molecule has 1 N–H and O–H groups in total. The van der Waals surface area contributed by atoms with Crippen molar-refractivity contribution in [3.8, 4) is 0 Å². The maximum absolute atomic E-state index is 13.8. The molecule has 2 heterocycles. The molecule has 0 radical (unpaired) electrons. The standard InChI is InChI=1S/C25H32N6OS/c32-21(24-8-18-4-19(9-24)11-25(10-18,13-24)31-27-14-26-30-31)29-22-28-20(12-33-22)23-5-15-1-16(6-23)3-17(2-15)7-23/h12,14-19H,1-11,13H2,(H,28,29,32). The van der Waals surface area contributed by atoms with Crippen molar-refractivity contribution in [2.75, 3.05) is 5.32 Å². The highest BCUT2D eigenvalue weighted by Crippen LogP contribution is 2.64. The maximum Gasteiger partial charge on any atom is 0.232 e. The second-order valence-electron chi connectivity index (χ2n) is 12.9. The van der Waals surface area contributed by atoms with E-state index in [4.69, 9.17) is 4.98 Å². The van der Waals surface area contributed by atoms with E-state index in [1.54, 1.807) is 11.3 Å². The topological polar surface area (TPSA) is 85.6 Å². The summed E-state index contributed by atoms with van der Waals surface area (Å²) in [6.07, 6.45) is 16.1. The van der Waals surface area contributed by atoms with Gasteiger partial charge in [0, 0.05) is 10.8 Å². The van der Waals surface area contributed by atoms with Crippen molar-refractivity contribution in [1.29, 1.82) is 0 Å². The van der Waals surface area contributed by atoms with Gasteiger partial charge in [0.2, 0.25) is 5.91 Å². The summed E-state index contributed by atoms with van der Waals surface area (Å²) in [6, 6.07) is 0. The van der Waals surface area contributed by atoms with E-state index in [-0.39, 0.29) is 22.3 Å². The van der Waals surface area contributed by atoms with Gasteiger partial charge in [-0.2, -0.15) is 4.80 Å². The van der Waals surface area contributed by atoms with E-state index in [0.717, 1.165) is 55.0 Å². The molecule has 0 saturated heterocycles. The van der Waals surface area contributed by atoms with E-state index in [1.807, 2.05) is 4.80 Å². The number of anilines is 1. The van der Waals surface area contributed by atoms with E-state index >= 15 is 0 Å². The summed E-state index contributed by atoms with van der Waals surface area (Å²) >= 11 is 1.64. The summed E-state index contributed by atoms with van der Waals surface area (Å²) in [5.74, 6) is 4.08. The minimum absolute atomic E-state index is 0.134. The van der Waals surface area contributed by atoms with E-state index in [0.29, 0.717) is 11.8 Å². The van der Waals surface area contributed by atoms with Crippen molar-refractivity contribution < 1.29 is 4.79 Å². The van der Waals surface area contributed by atoms with Gasteiger partial charge in [0.05, 0.1) is 16.6 Å². The molecule has 8 bridgehead atoms.